The molecule has 144 valence electrons. The normalized spacial score (nSPS) is 11.6. The maximum atomic E-state index is 13.5. The van der Waals surface area contributed by atoms with Gasteiger partial charge in [0, 0.05) is 16.8 Å². The number of hydrogen-bond acceptors (Lipinski definition) is 7. The van der Waals surface area contributed by atoms with Gasteiger partial charge >= 0.3 is 0 Å². The predicted molar refractivity (Wildman–Crippen MR) is 111 cm³/mol. The number of pyridine rings is 1. The summed E-state index contributed by atoms with van der Waals surface area (Å²) in [6.45, 7) is 1.78. The number of thioether (sulfide) groups is 1. The molecular formula is C18H13ClN8OS. The second-order valence-electron chi connectivity index (χ2n) is 6.24. The maximum Gasteiger partial charge on any atom is 0.269 e. The summed E-state index contributed by atoms with van der Waals surface area (Å²) in [4.78, 5) is 26.7. The van der Waals surface area contributed by atoms with Gasteiger partial charge in [-0.3, -0.25) is 9.36 Å². The lowest BCUT2D eigenvalue weighted by Crippen LogP contribution is -2.21. The molecule has 0 saturated heterocycles. The molecule has 5 rings (SSSR count). The number of nitrogens with one attached hydrogen (secondary N) is 1. The number of fused-ring (bicyclic) bond motifs is 2. The summed E-state index contributed by atoms with van der Waals surface area (Å²) in [6, 6.07) is 8.99. The highest BCUT2D eigenvalue weighted by Crippen LogP contribution is 2.28. The smallest absolute Gasteiger partial charge is 0.268 e. The molecule has 0 spiro atoms. The molecule has 9 nitrogen and oxygen atoms in total. The summed E-state index contributed by atoms with van der Waals surface area (Å²) in [5.74, 6) is 1.29. The van der Waals surface area contributed by atoms with Crippen LogP contribution in [0.15, 0.2) is 46.5 Å². The highest BCUT2D eigenvalue weighted by Gasteiger charge is 2.19. The van der Waals surface area contributed by atoms with Gasteiger partial charge in [-0.2, -0.15) is 14.5 Å². The van der Waals surface area contributed by atoms with Gasteiger partial charge in [0.05, 0.1) is 16.6 Å². The van der Waals surface area contributed by atoms with Crippen molar-refractivity contribution in [3.63, 3.8) is 0 Å². The van der Waals surface area contributed by atoms with Crippen LogP contribution in [-0.2, 0) is 0 Å². The molecule has 4 aromatic heterocycles. The number of rotatable bonds is 3. The standard InChI is InChI=1S/C18H13ClN8OS/c1-9-20-16-21-12-6-7-26(17-22-18(29-2)24-23-17)15(28)13(12)14(27(16)25-9)10-4-3-5-11(19)8-10/h3-8H,1-2H3,(H,22,23,24). The van der Waals surface area contributed by atoms with E-state index in [1.54, 1.807) is 35.8 Å². The fourth-order valence-electron chi connectivity index (χ4n) is 3.19. The van der Waals surface area contributed by atoms with Crippen molar-refractivity contribution in [1.29, 1.82) is 0 Å². The van der Waals surface area contributed by atoms with E-state index < -0.39 is 0 Å². The fraction of sp³-hybridized carbons (Fsp3) is 0.111. The molecule has 0 aliphatic carbocycles. The molecule has 0 aliphatic heterocycles. The first-order valence-corrected chi connectivity index (χ1v) is 10.2. The van der Waals surface area contributed by atoms with E-state index in [0.717, 1.165) is 5.56 Å². The first kappa shape index (κ1) is 17.8. The van der Waals surface area contributed by atoms with Crippen molar-refractivity contribution in [2.24, 2.45) is 0 Å². The Labute approximate surface area is 172 Å². The van der Waals surface area contributed by atoms with Crippen LogP contribution in [0.1, 0.15) is 5.82 Å². The molecule has 0 aliphatic rings. The van der Waals surface area contributed by atoms with Gasteiger partial charge in [-0.1, -0.05) is 35.5 Å². The molecule has 5 aromatic rings. The Morgan fingerprint density at radius 1 is 1.17 bits per heavy atom. The second kappa shape index (κ2) is 6.68. The summed E-state index contributed by atoms with van der Waals surface area (Å²) in [7, 11) is 0. The van der Waals surface area contributed by atoms with Crippen LogP contribution < -0.4 is 5.56 Å². The molecule has 0 saturated carbocycles. The zero-order valence-corrected chi connectivity index (χ0v) is 16.9. The van der Waals surface area contributed by atoms with Crippen molar-refractivity contribution >= 4 is 40.0 Å². The first-order valence-electron chi connectivity index (χ1n) is 8.56. The van der Waals surface area contributed by atoms with Crippen LogP contribution in [0, 0.1) is 6.92 Å². The van der Waals surface area contributed by atoms with Gasteiger partial charge in [0.25, 0.3) is 11.3 Å². The summed E-state index contributed by atoms with van der Waals surface area (Å²) >= 11 is 7.60. The van der Waals surface area contributed by atoms with E-state index in [-0.39, 0.29) is 5.56 Å². The monoisotopic (exact) mass is 424 g/mol. The third-order valence-electron chi connectivity index (χ3n) is 4.40. The number of halogens is 1. The van der Waals surface area contributed by atoms with E-state index >= 15 is 0 Å². The minimum Gasteiger partial charge on any atom is -0.268 e. The van der Waals surface area contributed by atoms with Crippen LogP contribution in [0.4, 0.5) is 0 Å². The Kier molecular flexibility index (Phi) is 4.10. The zero-order chi connectivity index (χ0) is 20.1. The van der Waals surface area contributed by atoms with E-state index in [1.165, 1.54) is 16.3 Å². The first-order chi connectivity index (χ1) is 14.0. The lowest BCUT2D eigenvalue weighted by atomic mass is 10.1. The van der Waals surface area contributed by atoms with Crippen LogP contribution in [0.3, 0.4) is 0 Å². The average Bonchev–Trinajstić information content (AvgIpc) is 3.32. The van der Waals surface area contributed by atoms with Crippen molar-refractivity contribution in [1.82, 2.24) is 39.3 Å². The minimum absolute atomic E-state index is 0.302. The summed E-state index contributed by atoms with van der Waals surface area (Å²) in [5.41, 5.74) is 1.50. The van der Waals surface area contributed by atoms with Gasteiger partial charge in [-0.15, -0.1) is 10.2 Å². The SMILES string of the molecule is CSc1n[nH]c(-n2ccc3nc4nc(C)nn4c(-c4cccc(Cl)c4)c3c2=O)n1. The highest BCUT2D eigenvalue weighted by atomic mass is 35.5. The van der Waals surface area contributed by atoms with Gasteiger partial charge < -0.3 is 0 Å². The van der Waals surface area contributed by atoms with Crippen LogP contribution >= 0.6 is 23.4 Å². The number of aromatic amines is 1. The van der Waals surface area contributed by atoms with Crippen molar-refractivity contribution in [2.45, 2.75) is 12.1 Å². The minimum atomic E-state index is -0.302. The van der Waals surface area contributed by atoms with Crippen LogP contribution in [0.2, 0.25) is 5.02 Å². The van der Waals surface area contributed by atoms with Gasteiger partial charge in [-0.05, 0) is 31.4 Å². The zero-order valence-electron chi connectivity index (χ0n) is 15.3. The topological polar surface area (TPSA) is 107 Å². The van der Waals surface area contributed by atoms with Gasteiger partial charge in [-0.25, -0.2) is 10.1 Å². The summed E-state index contributed by atoms with van der Waals surface area (Å²) < 4.78 is 2.98. The lowest BCUT2D eigenvalue weighted by Gasteiger charge is -2.10. The average molecular weight is 425 g/mol. The van der Waals surface area contributed by atoms with Crippen LogP contribution in [0.25, 0.3) is 33.9 Å². The van der Waals surface area contributed by atoms with Gasteiger partial charge in [0.15, 0.2) is 0 Å². The Balaban J connectivity index is 1.91. The van der Waals surface area contributed by atoms with E-state index in [1.807, 2.05) is 18.4 Å². The number of aryl methyl sites for hydroxylation is 1. The third kappa shape index (κ3) is 2.88. The van der Waals surface area contributed by atoms with Crippen molar-refractivity contribution in [3.8, 4) is 17.2 Å². The van der Waals surface area contributed by atoms with Crippen LogP contribution in [0.5, 0.6) is 0 Å². The Bertz CT molecular complexity index is 1450. The van der Waals surface area contributed by atoms with Crippen molar-refractivity contribution < 1.29 is 0 Å². The molecule has 1 N–H and O–H groups in total. The van der Waals surface area contributed by atoms with Gasteiger partial charge in [0.2, 0.25) is 11.1 Å². The molecule has 29 heavy (non-hydrogen) atoms. The van der Waals surface area contributed by atoms with E-state index in [9.17, 15) is 4.79 Å². The molecule has 4 heterocycles. The van der Waals surface area contributed by atoms with E-state index in [0.29, 0.717) is 44.3 Å². The Morgan fingerprint density at radius 2 is 2.03 bits per heavy atom. The van der Waals surface area contributed by atoms with Crippen LogP contribution in [-0.4, -0.2) is 45.6 Å². The maximum absolute atomic E-state index is 13.5. The van der Waals surface area contributed by atoms with E-state index in [4.69, 9.17) is 11.6 Å². The number of nitrogens with zero attached hydrogens (tertiary/aromatic N) is 7. The van der Waals surface area contributed by atoms with Crippen molar-refractivity contribution in [3.05, 3.63) is 57.7 Å². The quantitative estimate of drug-likeness (QED) is 0.444. The number of hydrogen-bond donors (Lipinski definition) is 1. The summed E-state index contributed by atoms with van der Waals surface area (Å²) in [6.07, 6.45) is 3.48. The molecule has 0 radical (unpaired) electrons. The molecule has 0 atom stereocenters. The number of aromatic nitrogens is 8. The van der Waals surface area contributed by atoms with Gasteiger partial charge in [0.1, 0.15) is 5.82 Å². The molecule has 0 fully saturated rings. The Morgan fingerprint density at radius 3 is 2.79 bits per heavy atom. The molecule has 0 bridgehead atoms. The van der Waals surface area contributed by atoms with E-state index in [2.05, 4.69) is 30.2 Å². The molecule has 0 unspecified atom stereocenters. The predicted octanol–water partition coefficient (Wildman–Crippen LogP) is 2.90. The second-order valence-corrected chi connectivity index (χ2v) is 7.45. The third-order valence-corrected chi connectivity index (χ3v) is 5.18. The molecule has 1 aromatic carbocycles. The van der Waals surface area contributed by atoms with Crippen molar-refractivity contribution in [2.75, 3.05) is 6.26 Å². The fourth-order valence-corrected chi connectivity index (χ4v) is 3.69. The molecule has 11 heteroatoms. The lowest BCUT2D eigenvalue weighted by molar-refractivity contribution is 0.893. The Hall–Kier alpha value is -3.24. The molecule has 0 amide bonds. The molecular weight excluding hydrogens is 412 g/mol. The largest absolute Gasteiger partial charge is 0.269 e. The number of H-pyrrole nitrogens is 1. The highest BCUT2D eigenvalue weighted by molar-refractivity contribution is 7.98. The summed E-state index contributed by atoms with van der Waals surface area (Å²) in [5, 5.41) is 12.8. The number of benzene rings is 1.